The Bertz CT molecular complexity index is 962. The molecule has 0 bridgehead atoms. The quantitative estimate of drug-likeness (QED) is 0.862. The van der Waals surface area contributed by atoms with Crippen LogP contribution in [0.15, 0.2) is 18.2 Å². The second kappa shape index (κ2) is 7.42. The van der Waals surface area contributed by atoms with Crippen molar-refractivity contribution in [3.8, 4) is 11.5 Å². The van der Waals surface area contributed by atoms with Crippen LogP contribution in [0.3, 0.4) is 0 Å². The van der Waals surface area contributed by atoms with Gasteiger partial charge in [0.2, 0.25) is 6.79 Å². The van der Waals surface area contributed by atoms with E-state index in [9.17, 15) is 9.59 Å². The van der Waals surface area contributed by atoms with E-state index >= 15 is 0 Å². The molecule has 0 saturated carbocycles. The molecule has 1 saturated heterocycles. The first-order chi connectivity index (χ1) is 14.2. The molecule has 0 unspecified atom stereocenters. The lowest BCUT2D eigenvalue weighted by Crippen LogP contribution is -2.36. The number of nitrogens with zero attached hydrogens (tertiary/aromatic N) is 3. The van der Waals surface area contributed by atoms with Crippen LogP contribution in [-0.4, -0.2) is 46.1 Å². The van der Waals surface area contributed by atoms with Crippen molar-refractivity contribution in [2.75, 3.05) is 25.2 Å². The Morgan fingerprint density at radius 3 is 2.62 bits per heavy atom. The van der Waals surface area contributed by atoms with E-state index < -0.39 is 0 Å². The van der Waals surface area contributed by atoms with E-state index in [4.69, 9.17) is 9.47 Å². The Hall–Kier alpha value is -3.03. The van der Waals surface area contributed by atoms with Crippen LogP contribution in [0.5, 0.6) is 11.5 Å². The summed E-state index contributed by atoms with van der Waals surface area (Å²) in [7, 11) is 0. The zero-order chi connectivity index (χ0) is 19.8. The molecule has 3 aliphatic heterocycles. The number of aromatic nitrogens is 2. The Kier molecular flexibility index (Phi) is 4.61. The van der Waals surface area contributed by atoms with Crippen molar-refractivity contribution in [3.05, 3.63) is 35.4 Å². The van der Waals surface area contributed by atoms with Crippen LogP contribution < -0.4 is 14.8 Å². The van der Waals surface area contributed by atoms with Crippen LogP contribution in [-0.2, 0) is 13.0 Å². The average molecular weight is 396 g/mol. The predicted octanol–water partition coefficient (Wildman–Crippen LogP) is 2.83. The molecule has 0 spiro atoms. The van der Waals surface area contributed by atoms with Gasteiger partial charge in [0.1, 0.15) is 5.69 Å². The summed E-state index contributed by atoms with van der Waals surface area (Å²) in [6, 6.07) is 5.27. The van der Waals surface area contributed by atoms with Crippen molar-refractivity contribution in [2.24, 2.45) is 0 Å². The predicted molar refractivity (Wildman–Crippen MR) is 105 cm³/mol. The molecule has 0 atom stereocenters. The Labute approximate surface area is 168 Å². The van der Waals surface area contributed by atoms with Gasteiger partial charge in [-0.25, -0.2) is 4.98 Å². The molecule has 3 aliphatic rings. The Balaban J connectivity index is 1.42. The van der Waals surface area contributed by atoms with Crippen LogP contribution in [0.25, 0.3) is 0 Å². The number of amides is 2. The van der Waals surface area contributed by atoms with Crippen molar-refractivity contribution < 1.29 is 19.1 Å². The maximum absolute atomic E-state index is 13.1. The number of imidazole rings is 1. The summed E-state index contributed by atoms with van der Waals surface area (Å²) in [6.45, 7) is 2.43. The summed E-state index contributed by atoms with van der Waals surface area (Å²) in [4.78, 5) is 32.5. The molecule has 4 heterocycles. The molecule has 8 nitrogen and oxygen atoms in total. The lowest BCUT2D eigenvalue weighted by atomic mass is 10.1. The van der Waals surface area contributed by atoms with Crippen molar-refractivity contribution in [3.63, 3.8) is 0 Å². The maximum Gasteiger partial charge on any atom is 0.291 e. The number of fused-ring (bicyclic) bond motifs is 2. The smallest absolute Gasteiger partial charge is 0.291 e. The first-order valence-electron chi connectivity index (χ1n) is 10.3. The molecular formula is C21H24N4O4. The molecule has 1 aromatic heterocycles. The highest BCUT2D eigenvalue weighted by Gasteiger charge is 2.30. The van der Waals surface area contributed by atoms with E-state index in [2.05, 4.69) is 10.3 Å². The summed E-state index contributed by atoms with van der Waals surface area (Å²) >= 11 is 0. The van der Waals surface area contributed by atoms with E-state index in [0.717, 1.165) is 57.3 Å². The molecule has 2 aromatic rings. The topological polar surface area (TPSA) is 85.7 Å². The number of carbonyl (C=O) groups excluding carboxylic acids is 2. The van der Waals surface area contributed by atoms with Gasteiger partial charge in [0.15, 0.2) is 17.3 Å². The highest BCUT2D eigenvalue weighted by atomic mass is 16.7. The van der Waals surface area contributed by atoms with Gasteiger partial charge >= 0.3 is 0 Å². The maximum atomic E-state index is 13.1. The SMILES string of the molecule is O=C(Nc1ccc2c(c1)OCO2)c1nc(C(=O)N2CCCCC2)c2n1CCCC2. The minimum absolute atomic E-state index is 0.0440. The van der Waals surface area contributed by atoms with E-state index in [0.29, 0.717) is 35.2 Å². The molecule has 0 aliphatic carbocycles. The number of likely N-dealkylation sites (tertiary alicyclic amines) is 1. The van der Waals surface area contributed by atoms with Gasteiger partial charge in [-0.2, -0.15) is 0 Å². The minimum atomic E-state index is -0.315. The Morgan fingerprint density at radius 2 is 1.76 bits per heavy atom. The van der Waals surface area contributed by atoms with Crippen molar-refractivity contribution in [2.45, 2.75) is 45.1 Å². The van der Waals surface area contributed by atoms with E-state index in [1.807, 2.05) is 9.47 Å². The Morgan fingerprint density at radius 1 is 0.966 bits per heavy atom. The molecule has 2 amide bonds. The lowest BCUT2D eigenvalue weighted by molar-refractivity contribution is 0.0717. The standard InChI is InChI=1S/C21H24N4O4/c26-20(22-14-7-8-16-17(12-14)29-13-28-16)19-23-18(15-6-2-5-11-25(15)19)21(27)24-9-3-1-4-10-24/h7-8,12H,1-6,9-11,13H2,(H,22,26). The molecule has 1 fully saturated rings. The summed E-state index contributed by atoms with van der Waals surface area (Å²) in [6.07, 6.45) is 5.98. The van der Waals surface area contributed by atoms with Crippen molar-refractivity contribution in [1.82, 2.24) is 14.5 Å². The van der Waals surface area contributed by atoms with E-state index in [1.54, 1.807) is 18.2 Å². The largest absolute Gasteiger partial charge is 0.454 e. The molecule has 29 heavy (non-hydrogen) atoms. The zero-order valence-electron chi connectivity index (χ0n) is 16.3. The number of nitrogens with one attached hydrogen (secondary N) is 1. The van der Waals surface area contributed by atoms with Crippen LogP contribution in [0.2, 0.25) is 0 Å². The number of hydrogen-bond acceptors (Lipinski definition) is 5. The fourth-order valence-electron chi connectivity index (χ4n) is 4.30. The van der Waals surface area contributed by atoms with Gasteiger partial charge in [-0.15, -0.1) is 0 Å². The van der Waals surface area contributed by atoms with Gasteiger partial charge in [0.25, 0.3) is 11.8 Å². The average Bonchev–Trinajstić information content (AvgIpc) is 3.38. The first kappa shape index (κ1) is 18.0. The third-order valence-electron chi connectivity index (χ3n) is 5.80. The molecular weight excluding hydrogens is 372 g/mol. The highest BCUT2D eigenvalue weighted by Crippen LogP contribution is 2.34. The number of benzene rings is 1. The zero-order valence-corrected chi connectivity index (χ0v) is 16.3. The number of anilines is 1. The monoisotopic (exact) mass is 396 g/mol. The summed E-state index contributed by atoms with van der Waals surface area (Å²) < 4.78 is 12.6. The van der Waals surface area contributed by atoms with Gasteiger partial charge < -0.3 is 24.3 Å². The highest BCUT2D eigenvalue weighted by molar-refractivity contribution is 6.04. The third kappa shape index (κ3) is 3.32. The van der Waals surface area contributed by atoms with Crippen LogP contribution >= 0.6 is 0 Å². The summed E-state index contributed by atoms with van der Waals surface area (Å²) in [5.41, 5.74) is 1.95. The second-order valence-corrected chi connectivity index (χ2v) is 7.71. The molecule has 1 N–H and O–H groups in total. The van der Waals surface area contributed by atoms with Crippen molar-refractivity contribution >= 4 is 17.5 Å². The third-order valence-corrected chi connectivity index (χ3v) is 5.80. The van der Waals surface area contributed by atoms with Crippen LogP contribution in [0.1, 0.15) is 58.9 Å². The lowest BCUT2D eigenvalue weighted by Gasteiger charge is -2.26. The number of ether oxygens (including phenoxy) is 2. The van der Waals surface area contributed by atoms with Crippen LogP contribution in [0.4, 0.5) is 5.69 Å². The molecule has 152 valence electrons. The minimum Gasteiger partial charge on any atom is -0.454 e. The van der Waals surface area contributed by atoms with Gasteiger partial charge in [0, 0.05) is 31.4 Å². The van der Waals surface area contributed by atoms with Crippen molar-refractivity contribution in [1.29, 1.82) is 0 Å². The fraction of sp³-hybridized carbons (Fsp3) is 0.476. The molecule has 8 heteroatoms. The number of carbonyl (C=O) groups is 2. The van der Waals surface area contributed by atoms with Gasteiger partial charge in [-0.05, 0) is 50.7 Å². The number of piperidine rings is 1. The van der Waals surface area contributed by atoms with E-state index in [-0.39, 0.29) is 18.6 Å². The normalized spacial score (nSPS) is 17.7. The summed E-state index contributed by atoms with van der Waals surface area (Å²) in [5.74, 6) is 1.21. The van der Waals surface area contributed by atoms with Gasteiger partial charge in [-0.3, -0.25) is 9.59 Å². The fourth-order valence-corrected chi connectivity index (χ4v) is 4.30. The molecule has 5 rings (SSSR count). The van der Waals surface area contributed by atoms with E-state index in [1.165, 1.54) is 0 Å². The van der Waals surface area contributed by atoms with Gasteiger partial charge in [0.05, 0.1) is 5.69 Å². The first-order valence-corrected chi connectivity index (χ1v) is 10.3. The molecule has 1 aromatic carbocycles. The van der Waals surface area contributed by atoms with Crippen LogP contribution in [0, 0.1) is 0 Å². The number of rotatable bonds is 3. The van der Waals surface area contributed by atoms with Gasteiger partial charge in [-0.1, -0.05) is 0 Å². The second-order valence-electron chi connectivity index (χ2n) is 7.71. The molecule has 0 radical (unpaired) electrons. The summed E-state index contributed by atoms with van der Waals surface area (Å²) in [5, 5.41) is 2.89. The number of hydrogen-bond donors (Lipinski definition) is 1.